The minimum atomic E-state index is 0.103. The predicted octanol–water partition coefficient (Wildman–Crippen LogP) is 1.04. The van der Waals surface area contributed by atoms with Crippen LogP contribution >= 0.6 is 0 Å². The van der Waals surface area contributed by atoms with Crippen LogP contribution in [0.25, 0.3) is 0 Å². The van der Waals surface area contributed by atoms with Gasteiger partial charge in [-0.15, -0.1) is 0 Å². The standard InChI is InChI=1S/C11H18N4O/c1-11(3-5-12-6-4-11)15-9-7-13-8-10(14-9)16-2/h7-8,12H,3-6H2,1-2H3,(H,14,15). The molecule has 2 heterocycles. The van der Waals surface area contributed by atoms with Gasteiger partial charge in [-0.2, -0.15) is 4.98 Å². The third kappa shape index (κ3) is 2.61. The number of piperidine rings is 1. The molecular formula is C11H18N4O. The third-order valence-corrected chi connectivity index (χ3v) is 2.96. The van der Waals surface area contributed by atoms with Gasteiger partial charge in [0.15, 0.2) is 0 Å². The molecule has 1 aliphatic rings. The Hall–Kier alpha value is -1.36. The molecule has 0 atom stereocenters. The van der Waals surface area contributed by atoms with Crippen LogP contribution in [0.15, 0.2) is 12.4 Å². The Bertz CT molecular complexity index is 350. The summed E-state index contributed by atoms with van der Waals surface area (Å²) in [6.45, 7) is 4.30. The number of rotatable bonds is 3. The fourth-order valence-corrected chi connectivity index (χ4v) is 1.92. The van der Waals surface area contributed by atoms with Gasteiger partial charge in [0.05, 0.1) is 19.5 Å². The maximum Gasteiger partial charge on any atom is 0.233 e. The lowest BCUT2D eigenvalue weighted by atomic mass is 9.91. The van der Waals surface area contributed by atoms with Crippen LogP contribution in [0.1, 0.15) is 19.8 Å². The lowest BCUT2D eigenvalue weighted by molar-refractivity contribution is 0.362. The lowest BCUT2D eigenvalue weighted by Gasteiger charge is -2.35. The molecule has 0 spiro atoms. The number of aromatic nitrogens is 2. The van der Waals surface area contributed by atoms with Crippen LogP contribution in [0.5, 0.6) is 5.88 Å². The Balaban J connectivity index is 2.07. The quantitative estimate of drug-likeness (QED) is 0.800. The van der Waals surface area contributed by atoms with Crippen LogP contribution in [-0.2, 0) is 0 Å². The molecule has 2 rings (SSSR count). The largest absolute Gasteiger partial charge is 0.480 e. The van der Waals surface area contributed by atoms with E-state index in [0.29, 0.717) is 5.88 Å². The van der Waals surface area contributed by atoms with E-state index in [1.165, 1.54) is 0 Å². The molecule has 5 nitrogen and oxygen atoms in total. The van der Waals surface area contributed by atoms with E-state index in [-0.39, 0.29) is 5.54 Å². The van der Waals surface area contributed by atoms with Crippen molar-refractivity contribution in [1.82, 2.24) is 15.3 Å². The number of ether oxygens (including phenoxy) is 1. The summed E-state index contributed by atoms with van der Waals surface area (Å²) in [5, 5.41) is 6.79. The van der Waals surface area contributed by atoms with Crippen molar-refractivity contribution in [3.63, 3.8) is 0 Å². The fraction of sp³-hybridized carbons (Fsp3) is 0.636. The van der Waals surface area contributed by atoms with Gasteiger partial charge in [0.25, 0.3) is 0 Å². The molecule has 1 aromatic rings. The highest BCUT2D eigenvalue weighted by Gasteiger charge is 2.26. The molecule has 1 saturated heterocycles. The van der Waals surface area contributed by atoms with Gasteiger partial charge in [0, 0.05) is 5.54 Å². The monoisotopic (exact) mass is 222 g/mol. The van der Waals surface area contributed by atoms with Gasteiger partial charge in [0.1, 0.15) is 5.82 Å². The van der Waals surface area contributed by atoms with Gasteiger partial charge in [-0.25, -0.2) is 0 Å². The van der Waals surface area contributed by atoms with Crippen molar-refractivity contribution in [3.8, 4) is 5.88 Å². The molecule has 0 bridgehead atoms. The summed E-state index contributed by atoms with van der Waals surface area (Å²) in [6, 6.07) is 0. The Kier molecular flexibility index (Phi) is 3.24. The van der Waals surface area contributed by atoms with E-state index in [4.69, 9.17) is 4.74 Å². The summed E-state index contributed by atoms with van der Waals surface area (Å²) in [5.74, 6) is 1.33. The first kappa shape index (κ1) is 11.1. The fourth-order valence-electron chi connectivity index (χ4n) is 1.92. The minimum absolute atomic E-state index is 0.103. The van der Waals surface area contributed by atoms with E-state index in [9.17, 15) is 0 Å². The number of hydrogen-bond acceptors (Lipinski definition) is 5. The molecule has 0 aliphatic carbocycles. The third-order valence-electron chi connectivity index (χ3n) is 2.96. The molecule has 0 aromatic carbocycles. The van der Waals surface area contributed by atoms with Gasteiger partial charge >= 0.3 is 0 Å². The Morgan fingerprint density at radius 3 is 2.81 bits per heavy atom. The normalized spacial score (nSPS) is 19.1. The highest BCUT2D eigenvalue weighted by Crippen LogP contribution is 2.22. The molecule has 0 amide bonds. The molecular weight excluding hydrogens is 204 g/mol. The highest BCUT2D eigenvalue weighted by atomic mass is 16.5. The average Bonchev–Trinajstić information content (AvgIpc) is 2.29. The second kappa shape index (κ2) is 4.65. The first-order valence-corrected chi connectivity index (χ1v) is 5.57. The zero-order valence-electron chi connectivity index (χ0n) is 9.79. The van der Waals surface area contributed by atoms with Gasteiger partial charge in [-0.05, 0) is 32.9 Å². The molecule has 0 saturated carbocycles. The van der Waals surface area contributed by atoms with Crippen LogP contribution in [-0.4, -0.2) is 35.7 Å². The Morgan fingerprint density at radius 1 is 1.38 bits per heavy atom. The Morgan fingerprint density at radius 2 is 2.12 bits per heavy atom. The molecule has 0 radical (unpaired) electrons. The maximum absolute atomic E-state index is 5.05. The second-order valence-electron chi connectivity index (χ2n) is 4.38. The summed E-state index contributed by atoms with van der Waals surface area (Å²) >= 11 is 0. The molecule has 5 heteroatoms. The van der Waals surface area contributed by atoms with E-state index in [1.807, 2.05) is 0 Å². The van der Waals surface area contributed by atoms with Crippen molar-refractivity contribution < 1.29 is 4.74 Å². The van der Waals surface area contributed by atoms with Gasteiger partial charge in [-0.3, -0.25) is 4.98 Å². The van der Waals surface area contributed by atoms with Crippen molar-refractivity contribution in [2.75, 3.05) is 25.5 Å². The summed E-state index contributed by atoms with van der Waals surface area (Å²) in [4.78, 5) is 8.40. The lowest BCUT2D eigenvalue weighted by Crippen LogP contribution is -2.45. The van der Waals surface area contributed by atoms with Crippen molar-refractivity contribution >= 4 is 5.82 Å². The van der Waals surface area contributed by atoms with Crippen molar-refractivity contribution in [2.45, 2.75) is 25.3 Å². The zero-order chi connectivity index (χ0) is 11.4. The average molecular weight is 222 g/mol. The van der Waals surface area contributed by atoms with Crippen LogP contribution < -0.4 is 15.4 Å². The van der Waals surface area contributed by atoms with E-state index in [0.717, 1.165) is 31.7 Å². The summed E-state index contributed by atoms with van der Waals surface area (Å²) in [5.41, 5.74) is 0.103. The smallest absolute Gasteiger partial charge is 0.233 e. The number of methoxy groups -OCH3 is 1. The second-order valence-corrected chi connectivity index (χ2v) is 4.38. The van der Waals surface area contributed by atoms with Gasteiger partial charge < -0.3 is 15.4 Å². The molecule has 16 heavy (non-hydrogen) atoms. The highest BCUT2D eigenvalue weighted by molar-refractivity contribution is 5.36. The topological polar surface area (TPSA) is 59.1 Å². The summed E-state index contributed by atoms with van der Waals surface area (Å²) in [7, 11) is 1.60. The number of nitrogens with one attached hydrogen (secondary N) is 2. The maximum atomic E-state index is 5.05. The molecule has 88 valence electrons. The number of anilines is 1. The summed E-state index contributed by atoms with van der Waals surface area (Å²) < 4.78 is 5.05. The first-order chi connectivity index (χ1) is 7.72. The van der Waals surface area contributed by atoms with Gasteiger partial charge in [0.2, 0.25) is 5.88 Å². The minimum Gasteiger partial charge on any atom is -0.480 e. The first-order valence-electron chi connectivity index (χ1n) is 5.57. The predicted molar refractivity (Wildman–Crippen MR) is 62.7 cm³/mol. The van der Waals surface area contributed by atoms with E-state index >= 15 is 0 Å². The van der Waals surface area contributed by atoms with E-state index in [2.05, 4.69) is 27.5 Å². The van der Waals surface area contributed by atoms with Crippen molar-refractivity contribution in [2.24, 2.45) is 0 Å². The molecule has 2 N–H and O–H groups in total. The van der Waals surface area contributed by atoms with Crippen LogP contribution in [0, 0.1) is 0 Å². The molecule has 1 aliphatic heterocycles. The SMILES string of the molecule is COc1cncc(NC2(C)CCNCC2)n1. The number of hydrogen-bond donors (Lipinski definition) is 2. The van der Waals surface area contributed by atoms with Crippen molar-refractivity contribution in [3.05, 3.63) is 12.4 Å². The van der Waals surface area contributed by atoms with Gasteiger partial charge in [-0.1, -0.05) is 0 Å². The van der Waals surface area contributed by atoms with E-state index in [1.54, 1.807) is 19.5 Å². The zero-order valence-corrected chi connectivity index (χ0v) is 9.79. The molecule has 1 aromatic heterocycles. The van der Waals surface area contributed by atoms with Crippen LogP contribution in [0.4, 0.5) is 5.82 Å². The Labute approximate surface area is 95.6 Å². The molecule has 0 unspecified atom stereocenters. The van der Waals surface area contributed by atoms with Crippen LogP contribution in [0.3, 0.4) is 0 Å². The van der Waals surface area contributed by atoms with E-state index < -0.39 is 0 Å². The number of nitrogens with zero attached hydrogens (tertiary/aromatic N) is 2. The van der Waals surface area contributed by atoms with Crippen molar-refractivity contribution in [1.29, 1.82) is 0 Å². The summed E-state index contributed by atoms with van der Waals surface area (Å²) in [6.07, 6.45) is 5.52. The van der Waals surface area contributed by atoms with Crippen LogP contribution in [0.2, 0.25) is 0 Å². The molecule has 1 fully saturated rings.